The van der Waals surface area contributed by atoms with Crippen LogP contribution < -0.4 is 0 Å². The Morgan fingerprint density at radius 3 is 2.29 bits per heavy atom. The Morgan fingerprint density at radius 2 is 1.93 bits per heavy atom. The molecule has 1 atom stereocenters. The van der Waals surface area contributed by atoms with E-state index in [2.05, 4.69) is 6.58 Å². The van der Waals surface area contributed by atoms with Crippen LogP contribution in [-0.2, 0) is 0 Å². The van der Waals surface area contributed by atoms with Gasteiger partial charge >= 0.3 is 0 Å². The summed E-state index contributed by atoms with van der Waals surface area (Å²) in [6, 6.07) is 0. The summed E-state index contributed by atoms with van der Waals surface area (Å²) >= 11 is 0. The van der Waals surface area contributed by atoms with Crippen LogP contribution in [0.1, 0.15) is 47.5 Å². The van der Waals surface area contributed by atoms with Gasteiger partial charge in [-0.1, -0.05) is 44.6 Å². The molecule has 0 aliphatic rings. The first-order valence-corrected chi connectivity index (χ1v) is 5.24. The molecule has 1 unspecified atom stereocenters. The fraction of sp³-hybridized carbons (Fsp3) is 0.692. The molecule has 0 saturated carbocycles. The summed E-state index contributed by atoms with van der Waals surface area (Å²) in [4.78, 5) is 0. The molecule has 0 amide bonds. The standard InChI is InChI=1S/C13H23F/c1-7-10(2)11(3)8-9-12(14)13(4,5)6/h7,12H,3,8-9H2,1-2,4-6H3/b10-7+. The molecule has 0 aliphatic heterocycles. The Morgan fingerprint density at radius 1 is 1.43 bits per heavy atom. The minimum absolute atomic E-state index is 0.246. The molecule has 0 heterocycles. The Hall–Kier alpha value is -0.590. The monoisotopic (exact) mass is 198 g/mol. The number of hydrogen-bond donors (Lipinski definition) is 0. The molecule has 0 aromatic heterocycles. The summed E-state index contributed by atoms with van der Waals surface area (Å²) in [7, 11) is 0. The SMILES string of the molecule is C=C(CCC(F)C(C)(C)C)/C(C)=C/C. The zero-order chi connectivity index (χ0) is 11.4. The van der Waals surface area contributed by atoms with Crippen LogP contribution in [0.5, 0.6) is 0 Å². The zero-order valence-electron chi connectivity index (χ0n) is 10.2. The van der Waals surface area contributed by atoms with E-state index in [9.17, 15) is 4.39 Å². The molecular weight excluding hydrogens is 175 g/mol. The lowest BCUT2D eigenvalue weighted by molar-refractivity contribution is 0.152. The van der Waals surface area contributed by atoms with Crippen molar-refractivity contribution in [2.24, 2.45) is 5.41 Å². The van der Waals surface area contributed by atoms with Crippen molar-refractivity contribution in [3.05, 3.63) is 23.8 Å². The van der Waals surface area contributed by atoms with E-state index in [4.69, 9.17) is 0 Å². The summed E-state index contributed by atoms with van der Waals surface area (Å²) in [5.74, 6) is 0. The van der Waals surface area contributed by atoms with E-state index < -0.39 is 6.17 Å². The largest absolute Gasteiger partial charge is 0.247 e. The molecule has 14 heavy (non-hydrogen) atoms. The van der Waals surface area contributed by atoms with Gasteiger partial charge in [-0.05, 0) is 32.1 Å². The first-order chi connectivity index (χ1) is 6.29. The molecule has 0 spiro atoms. The van der Waals surface area contributed by atoms with E-state index in [1.54, 1.807) is 0 Å². The van der Waals surface area contributed by atoms with Gasteiger partial charge in [-0.25, -0.2) is 4.39 Å². The van der Waals surface area contributed by atoms with E-state index in [-0.39, 0.29) is 5.41 Å². The molecule has 0 bridgehead atoms. The van der Waals surface area contributed by atoms with Crippen LogP contribution in [0.2, 0.25) is 0 Å². The molecule has 0 N–H and O–H groups in total. The predicted octanol–water partition coefficient (Wildman–Crippen LogP) is 4.67. The van der Waals surface area contributed by atoms with Crippen molar-refractivity contribution in [2.75, 3.05) is 0 Å². The topological polar surface area (TPSA) is 0 Å². The molecule has 0 radical (unpaired) electrons. The van der Waals surface area contributed by atoms with E-state index in [1.165, 1.54) is 5.57 Å². The minimum atomic E-state index is -0.746. The van der Waals surface area contributed by atoms with Crippen molar-refractivity contribution in [1.29, 1.82) is 0 Å². The molecule has 0 rings (SSSR count). The average Bonchev–Trinajstić information content (AvgIpc) is 2.10. The smallest absolute Gasteiger partial charge is 0.105 e. The maximum absolute atomic E-state index is 13.6. The van der Waals surface area contributed by atoms with Gasteiger partial charge in [0.2, 0.25) is 0 Å². The van der Waals surface area contributed by atoms with Gasteiger partial charge in [0.05, 0.1) is 0 Å². The third kappa shape index (κ3) is 4.59. The lowest BCUT2D eigenvalue weighted by atomic mass is 9.86. The lowest BCUT2D eigenvalue weighted by Crippen LogP contribution is -2.21. The van der Waals surface area contributed by atoms with Gasteiger partial charge in [0.1, 0.15) is 6.17 Å². The summed E-state index contributed by atoms with van der Waals surface area (Å²) < 4.78 is 13.6. The third-order valence-corrected chi connectivity index (χ3v) is 2.63. The first kappa shape index (κ1) is 13.4. The molecular formula is C13H23F. The molecule has 82 valence electrons. The van der Waals surface area contributed by atoms with E-state index in [1.807, 2.05) is 40.7 Å². The highest BCUT2D eigenvalue weighted by molar-refractivity contribution is 5.25. The Balaban J connectivity index is 4.02. The van der Waals surface area contributed by atoms with Crippen LogP contribution in [0, 0.1) is 5.41 Å². The van der Waals surface area contributed by atoms with Gasteiger partial charge in [-0.15, -0.1) is 0 Å². The first-order valence-electron chi connectivity index (χ1n) is 5.24. The van der Waals surface area contributed by atoms with Gasteiger partial charge in [0.15, 0.2) is 0 Å². The Kier molecular flexibility index (Phi) is 5.11. The Labute approximate surface area is 87.9 Å². The summed E-state index contributed by atoms with van der Waals surface area (Å²) in [5.41, 5.74) is 1.98. The number of rotatable bonds is 4. The summed E-state index contributed by atoms with van der Waals surface area (Å²) in [5, 5.41) is 0. The third-order valence-electron chi connectivity index (χ3n) is 2.63. The van der Waals surface area contributed by atoms with Crippen LogP contribution in [0.4, 0.5) is 4.39 Å². The fourth-order valence-corrected chi connectivity index (χ4v) is 1.14. The van der Waals surface area contributed by atoms with Crippen molar-refractivity contribution in [3.8, 4) is 0 Å². The Bertz CT molecular complexity index is 218. The van der Waals surface area contributed by atoms with Crippen molar-refractivity contribution in [1.82, 2.24) is 0 Å². The van der Waals surface area contributed by atoms with E-state index in [0.29, 0.717) is 6.42 Å². The number of halogens is 1. The highest BCUT2D eigenvalue weighted by Gasteiger charge is 2.23. The molecule has 0 aromatic carbocycles. The molecule has 0 saturated heterocycles. The number of allylic oxidation sites excluding steroid dienone is 3. The van der Waals surface area contributed by atoms with Crippen LogP contribution in [-0.4, -0.2) is 6.17 Å². The van der Waals surface area contributed by atoms with Crippen LogP contribution in [0.25, 0.3) is 0 Å². The second-order valence-corrected chi connectivity index (χ2v) is 4.95. The van der Waals surface area contributed by atoms with Gasteiger partial charge in [0, 0.05) is 0 Å². The maximum atomic E-state index is 13.6. The van der Waals surface area contributed by atoms with Crippen molar-refractivity contribution in [2.45, 2.75) is 53.6 Å². The normalized spacial score (nSPS) is 15.4. The average molecular weight is 198 g/mol. The van der Waals surface area contributed by atoms with Crippen molar-refractivity contribution >= 4 is 0 Å². The van der Waals surface area contributed by atoms with E-state index >= 15 is 0 Å². The number of alkyl halides is 1. The maximum Gasteiger partial charge on any atom is 0.105 e. The van der Waals surface area contributed by atoms with E-state index in [0.717, 1.165) is 12.0 Å². The quantitative estimate of drug-likeness (QED) is 0.576. The van der Waals surface area contributed by atoms with Gasteiger partial charge in [0.25, 0.3) is 0 Å². The minimum Gasteiger partial charge on any atom is -0.247 e. The second kappa shape index (κ2) is 5.33. The summed E-state index contributed by atoms with van der Waals surface area (Å²) in [6.45, 7) is 13.7. The van der Waals surface area contributed by atoms with Crippen LogP contribution >= 0.6 is 0 Å². The molecule has 0 nitrogen and oxygen atoms in total. The molecule has 0 fully saturated rings. The molecule has 0 aliphatic carbocycles. The van der Waals surface area contributed by atoms with Crippen LogP contribution in [0.3, 0.4) is 0 Å². The van der Waals surface area contributed by atoms with Gasteiger partial charge < -0.3 is 0 Å². The summed E-state index contributed by atoms with van der Waals surface area (Å²) in [6.07, 6.45) is 2.61. The fourth-order valence-electron chi connectivity index (χ4n) is 1.14. The predicted molar refractivity (Wildman–Crippen MR) is 62.2 cm³/mol. The highest BCUT2D eigenvalue weighted by atomic mass is 19.1. The van der Waals surface area contributed by atoms with Crippen LogP contribution in [0.15, 0.2) is 23.8 Å². The van der Waals surface area contributed by atoms with Gasteiger partial charge in [-0.3, -0.25) is 0 Å². The number of hydrogen-bond acceptors (Lipinski definition) is 0. The molecule has 1 heteroatoms. The van der Waals surface area contributed by atoms with Crippen molar-refractivity contribution < 1.29 is 4.39 Å². The zero-order valence-corrected chi connectivity index (χ0v) is 10.2. The lowest BCUT2D eigenvalue weighted by Gasteiger charge is -2.23. The molecule has 0 aromatic rings. The van der Waals surface area contributed by atoms with Crippen molar-refractivity contribution in [3.63, 3.8) is 0 Å². The highest BCUT2D eigenvalue weighted by Crippen LogP contribution is 2.27. The van der Waals surface area contributed by atoms with Gasteiger partial charge in [-0.2, -0.15) is 0 Å². The second-order valence-electron chi connectivity index (χ2n) is 4.95.